The maximum absolute atomic E-state index is 12.7. The second-order valence-corrected chi connectivity index (χ2v) is 11.7. The van der Waals surface area contributed by atoms with Crippen LogP contribution in [0.5, 0.6) is 5.88 Å². The van der Waals surface area contributed by atoms with Crippen molar-refractivity contribution in [3.63, 3.8) is 0 Å². The van der Waals surface area contributed by atoms with Crippen LogP contribution in [-0.4, -0.2) is 105 Å². The molecule has 3 heterocycles. The average Bonchev–Trinajstić information content (AvgIpc) is 3.65. The maximum Gasteiger partial charge on any atom is 0.326 e. The molecule has 3 rings (SSSR count). The van der Waals surface area contributed by atoms with Crippen molar-refractivity contribution in [3.8, 4) is 5.88 Å². The van der Waals surface area contributed by atoms with Gasteiger partial charge in [0.15, 0.2) is 5.01 Å². The van der Waals surface area contributed by atoms with E-state index in [9.17, 15) is 48.9 Å². The molecule has 0 radical (unpaired) electrons. The number of hydrogen-bond donors (Lipinski definition) is 9. The van der Waals surface area contributed by atoms with E-state index in [0.717, 1.165) is 16.9 Å². The monoisotopic (exact) mass is 691 g/mol. The zero-order valence-corrected chi connectivity index (χ0v) is 26.2. The van der Waals surface area contributed by atoms with E-state index in [0.29, 0.717) is 34.6 Å². The number of rotatable bonds is 19. The number of nitrogens with zero attached hydrogens (tertiary/aromatic N) is 3. The molecule has 0 spiro atoms. The minimum absolute atomic E-state index is 0.0289. The Morgan fingerprint density at radius 2 is 1.33 bits per heavy atom. The van der Waals surface area contributed by atoms with Gasteiger partial charge in [0.2, 0.25) is 17.7 Å². The van der Waals surface area contributed by atoms with E-state index >= 15 is 0 Å². The summed E-state index contributed by atoms with van der Waals surface area (Å²) in [6, 6.07) is -4.62. The molecule has 0 unspecified atom stereocenters. The zero-order chi connectivity index (χ0) is 35.5. The van der Waals surface area contributed by atoms with E-state index < -0.39 is 98.2 Å². The molecule has 3 aromatic heterocycles. The topological polar surface area (TPSA) is 311 Å². The van der Waals surface area contributed by atoms with Gasteiger partial charge in [-0.3, -0.25) is 19.2 Å². The lowest BCUT2D eigenvalue weighted by molar-refractivity contribution is -0.144. The van der Waals surface area contributed by atoms with E-state index in [2.05, 4.69) is 35.9 Å². The molecule has 0 bridgehead atoms. The fraction of sp³-hybridized carbons (Fsp3) is 0.429. The van der Waals surface area contributed by atoms with Crippen LogP contribution >= 0.6 is 11.3 Å². The van der Waals surface area contributed by atoms with E-state index in [1.54, 1.807) is 13.1 Å². The molecule has 3 amide bonds. The van der Waals surface area contributed by atoms with Gasteiger partial charge in [0, 0.05) is 36.5 Å². The van der Waals surface area contributed by atoms with Gasteiger partial charge in [0.25, 0.3) is 5.91 Å². The molecule has 48 heavy (non-hydrogen) atoms. The summed E-state index contributed by atoms with van der Waals surface area (Å²) in [5.41, 5.74) is 1.23. The molecule has 20 heteroatoms. The summed E-state index contributed by atoms with van der Waals surface area (Å²) in [6.07, 6.45) is 1.24. The van der Waals surface area contributed by atoms with Crippen LogP contribution in [0.2, 0.25) is 0 Å². The van der Waals surface area contributed by atoms with Gasteiger partial charge in [0.05, 0.1) is 5.39 Å². The number of carboxylic acids is 4. The van der Waals surface area contributed by atoms with Crippen LogP contribution in [0.25, 0.3) is 11.0 Å². The van der Waals surface area contributed by atoms with Crippen molar-refractivity contribution in [2.75, 3.05) is 0 Å². The minimum atomic E-state index is -1.58. The number of nitrogens with one attached hydrogen (secondary N) is 4. The molecule has 3 aromatic rings. The average molecular weight is 692 g/mol. The Labute approximate surface area is 274 Å². The number of aryl methyl sites for hydroxylation is 3. The Kier molecular flexibility index (Phi) is 12.9. The number of fused-ring (bicyclic) bond motifs is 1. The first-order valence-corrected chi connectivity index (χ1v) is 15.2. The van der Waals surface area contributed by atoms with Crippen LogP contribution in [-0.2, 0) is 41.6 Å². The lowest BCUT2D eigenvalue weighted by Crippen LogP contribution is -2.45. The first-order chi connectivity index (χ1) is 22.6. The number of amides is 3. The highest BCUT2D eigenvalue weighted by Gasteiger charge is 2.27. The van der Waals surface area contributed by atoms with Gasteiger partial charge in [-0.15, -0.1) is 11.3 Å². The number of carboxylic acid groups (broad SMARTS) is 4. The molecule has 258 valence electrons. The molecular weight excluding hydrogens is 658 g/mol. The number of aromatic amines is 1. The third kappa shape index (κ3) is 10.7. The maximum atomic E-state index is 12.7. The van der Waals surface area contributed by atoms with Gasteiger partial charge < -0.3 is 46.5 Å². The molecule has 0 aromatic carbocycles. The second-order valence-electron chi connectivity index (χ2n) is 10.6. The summed E-state index contributed by atoms with van der Waals surface area (Å²) in [5, 5.41) is 54.1. The summed E-state index contributed by atoms with van der Waals surface area (Å²) in [7, 11) is 0. The van der Waals surface area contributed by atoms with Gasteiger partial charge in [-0.05, 0) is 44.6 Å². The normalized spacial score (nSPS) is 12.9. The molecule has 19 nitrogen and oxygen atoms in total. The number of aliphatic carboxylic acids is 4. The molecule has 0 saturated carbocycles. The summed E-state index contributed by atoms with van der Waals surface area (Å²) >= 11 is 1.03. The van der Waals surface area contributed by atoms with Gasteiger partial charge in [-0.2, -0.15) is 4.98 Å². The third-order valence-corrected chi connectivity index (χ3v) is 7.99. The highest BCUT2D eigenvalue weighted by Crippen LogP contribution is 2.26. The highest BCUT2D eigenvalue weighted by atomic mass is 32.1. The van der Waals surface area contributed by atoms with Crippen LogP contribution in [0.4, 0.5) is 0 Å². The van der Waals surface area contributed by atoms with E-state index in [4.69, 9.17) is 10.2 Å². The van der Waals surface area contributed by atoms with Crippen LogP contribution < -0.4 is 16.0 Å². The molecule has 0 aliphatic rings. The SMILES string of the molecule is Cc1nc(O)c2c(CCc3cnc(C(=O)N[C@@H](CCC(=O)N[C@@H](CCC(=O)N[C@@H](CCC(=O)O)C(=O)O)C(=O)O)C(=O)O)s3)c[nH]c2n1. The summed E-state index contributed by atoms with van der Waals surface area (Å²) < 4.78 is 0. The Bertz CT molecular complexity index is 1700. The Morgan fingerprint density at radius 3 is 1.88 bits per heavy atom. The van der Waals surface area contributed by atoms with Gasteiger partial charge in [-0.1, -0.05) is 0 Å². The van der Waals surface area contributed by atoms with Gasteiger partial charge in [-0.25, -0.2) is 24.4 Å². The fourth-order valence-electron chi connectivity index (χ4n) is 4.51. The Morgan fingerprint density at radius 1 is 0.792 bits per heavy atom. The first-order valence-electron chi connectivity index (χ1n) is 14.4. The molecule has 0 aliphatic carbocycles. The highest BCUT2D eigenvalue weighted by molar-refractivity contribution is 7.13. The summed E-state index contributed by atoms with van der Waals surface area (Å²) in [4.78, 5) is 98.6. The third-order valence-electron chi connectivity index (χ3n) is 6.93. The Hall–Kier alpha value is -5.66. The molecule has 0 saturated heterocycles. The van der Waals surface area contributed by atoms with Crippen molar-refractivity contribution in [3.05, 3.63) is 33.7 Å². The fourth-order valence-corrected chi connectivity index (χ4v) is 5.33. The number of aromatic nitrogens is 4. The lowest BCUT2D eigenvalue weighted by atomic mass is 10.1. The summed E-state index contributed by atoms with van der Waals surface area (Å²) in [5.74, 6) is -8.02. The zero-order valence-electron chi connectivity index (χ0n) is 25.4. The van der Waals surface area contributed by atoms with Gasteiger partial charge >= 0.3 is 23.9 Å². The number of carbonyl (C=O) groups is 7. The van der Waals surface area contributed by atoms with Crippen LogP contribution in [0.3, 0.4) is 0 Å². The van der Waals surface area contributed by atoms with Crippen molar-refractivity contribution in [2.24, 2.45) is 0 Å². The van der Waals surface area contributed by atoms with Crippen LogP contribution in [0, 0.1) is 6.92 Å². The smallest absolute Gasteiger partial charge is 0.326 e. The lowest BCUT2D eigenvalue weighted by Gasteiger charge is -2.17. The molecular formula is C28H33N7O12S. The van der Waals surface area contributed by atoms with Gasteiger partial charge in [0.1, 0.15) is 29.6 Å². The number of H-pyrrole nitrogens is 1. The van der Waals surface area contributed by atoms with Crippen molar-refractivity contribution >= 4 is 64.0 Å². The Balaban J connectivity index is 1.49. The van der Waals surface area contributed by atoms with E-state index in [1.807, 2.05) is 0 Å². The first kappa shape index (κ1) is 36.8. The van der Waals surface area contributed by atoms with Crippen molar-refractivity contribution in [2.45, 2.75) is 76.4 Å². The quantitative estimate of drug-likeness (QED) is 0.0796. The molecule has 0 aliphatic heterocycles. The van der Waals surface area contributed by atoms with Crippen molar-refractivity contribution in [1.29, 1.82) is 0 Å². The standard InChI is InChI=1S/C28H33N7O12S/c1-12-31-22-21(23(40)32-12)13(10-29-22)2-3-14-11-30-25(48-14)24(41)35-17(28(46)47)5-8-19(37)33-15(26(42)43)4-7-18(36)34-16(27(44)45)6-9-20(38)39/h10-11,15-17H,2-9H2,1H3,(H,33,37)(H,34,36)(H,35,41)(H,38,39)(H,42,43)(H,44,45)(H,46,47)(H2,29,31,32,40)/t15-,16-,17-/m0/s1. The largest absolute Gasteiger partial charge is 0.493 e. The minimum Gasteiger partial charge on any atom is -0.493 e. The van der Waals surface area contributed by atoms with Crippen molar-refractivity contribution < 1.29 is 59.1 Å². The predicted octanol–water partition coefficient (Wildman–Crippen LogP) is -0.0394. The number of thiazole rings is 1. The number of hydrogen-bond acceptors (Lipinski definition) is 12. The molecule has 3 atom stereocenters. The number of aromatic hydroxyl groups is 1. The predicted molar refractivity (Wildman–Crippen MR) is 163 cm³/mol. The number of carbonyl (C=O) groups excluding carboxylic acids is 3. The molecule has 9 N–H and O–H groups in total. The molecule has 0 fully saturated rings. The van der Waals surface area contributed by atoms with E-state index in [1.165, 1.54) is 6.20 Å². The van der Waals surface area contributed by atoms with Crippen LogP contribution in [0.15, 0.2) is 12.4 Å². The second kappa shape index (κ2) is 16.8. The van der Waals surface area contributed by atoms with E-state index in [-0.39, 0.29) is 10.9 Å². The summed E-state index contributed by atoms with van der Waals surface area (Å²) in [6.45, 7) is 1.65. The van der Waals surface area contributed by atoms with Crippen molar-refractivity contribution in [1.82, 2.24) is 35.9 Å². The van der Waals surface area contributed by atoms with Crippen LogP contribution in [0.1, 0.15) is 64.6 Å².